The van der Waals surface area contributed by atoms with E-state index in [4.69, 9.17) is 4.74 Å². The quantitative estimate of drug-likeness (QED) is 0.471. The highest BCUT2D eigenvalue weighted by Crippen LogP contribution is 2.21. The maximum atomic E-state index is 12.0. The van der Waals surface area contributed by atoms with Gasteiger partial charge in [-0.2, -0.15) is 0 Å². The number of carbonyl (C=O) groups excluding carboxylic acids is 2. The number of nitro groups is 1. The maximum Gasteiger partial charge on any atom is 0.269 e. The maximum absolute atomic E-state index is 12.0. The largest absolute Gasteiger partial charge is 0.484 e. The molecular weight excluding hydrogens is 324 g/mol. The smallest absolute Gasteiger partial charge is 0.269 e. The number of rotatable bonds is 7. The van der Waals surface area contributed by atoms with E-state index in [0.29, 0.717) is 29.0 Å². The van der Waals surface area contributed by atoms with Gasteiger partial charge in [0.1, 0.15) is 5.75 Å². The van der Waals surface area contributed by atoms with Crippen LogP contribution in [0.15, 0.2) is 42.5 Å². The Balaban J connectivity index is 1.92. The molecule has 1 amide bonds. The zero-order chi connectivity index (χ0) is 18.4. The summed E-state index contributed by atoms with van der Waals surface area (Å²) in [6.45, 7) is 3.25. The lowest BCUT2D eigenvalue weighted by Gasteiger charge is -2.10. The average Bonchev–Trinajstić information content (AvgIpc) is 2.61. The van der Waals surface area contributed by atoms with Crippen LogP contribution in [-0.2, 0) is 4.79 Å². The first-order valence-electron chi connectivity index (χ1n) is 7.71. The minimum Gasteiger partial charge on any atom is -0.484 e. The minimum absolute atomic E-state index is 0.0338. The number of nitrogens with zero attached hydrogens (tertiary/aromatic N) is 1. The van der Waals surface area contributed by atoms with Gasteiger partial charge in [0, 0.05) is 29.8 Å². The molecular formula is C18H18N2O5. The van der Waals surface area contributed by atoms with E-state index in [1.165, 1.54) is 18.2 Å². The molecule has 0 radical (unpaired) electrons. The molecule has 7 heteroatoms. The summed E-state index contributed by atoms with van der Waals surface area (Å²) in [4.78, 5) is 33.7. The van der Waals surface area contributed by atoms with Crippen molar-refractivity contribution in [1.29, 1.82) is 0 Å². The fraction of sp³-hybridized carbons (Fsp3) is 0.222. The minimum atomic E-state index is -0.491. The summed E-state index contributed by atoms with van der Waals surface area (Å²) in [5.74, 6) is 0.131. The Bertz CT molecular complexity index is 800. The van der Waals surface area contributed by atoms with Gasteiger partial charge in [0.25, 0.3) is 11.6 Å². The van der Waals surface area contributed by atoms with Gasteiger partial charge in [0.15, 0.2) is 12.4 Å². The Kier molecular flexibility index (Phi) is 5.84. The molecule has 2 rings (SSSR count). The number of carbonyl (C=O) groups is 2. The Morgan fingerprint density at radius 2 is 1.84 bits per heavy atom. The molecule has 7 nitrogen and oxygen atoms in total. The zero-order valence-electron chi connectivity index (χ0n) is 13.9. The monoisotopic (exact) mass is 342 g/mol. The Morgan fingerprint density at radius 1 is 1.16 bits per heavy atom. The molecule has 2 aromatic carbocycles. The number of hydrogen-bond donors (Lipinski definition) is 1. The van der Waals surface area contributed by atoms with Gasteiger partial charge < -0.3 is 10.1 Å². The molecule has 0 unspecified atom stereocenters. The number of ether oxygens (including phenoxy) is 1. The van der Waals surface area contributed by atoms with E-state index < -0.39 is 4.92 Å². The third kappa shape index (κ3) is 4.87. The predicted molar refractivity (Wildman–Crippen MR) is 93.0 cm³/mol. The third-order valence-electron chi connectivity index (χ3n) is 3.56. The van der Waals surface area contributed by atoms with E-state index in [2.05, 4.69) is 5.32 Å². The highest BCUT2D eigenvalue weighted by molar-refractivity contribution is 5.96. The summed E-state index contributed by atoms with van der Waals surface area (Å²) in [7, 11) is 0. The van der Waals surface area contributed by atoms with E-state index >= 15 is 0 Å². The molecule has 0 heterocycles. The summed E-state index contributed by atoms with van der Waals surface area (Å²) in [5, 5.41) is 13.4. The van der Waals surface area contributed by atoms with Crippen LogP contribution in [0, 0.1) is 17.0 Å². The predicted octanol–water partition coefficient (Wildman–Crippen LogP) is 3.51. The standard InChI is InChI=1S/C18H18N2O5/c1-3-17(21)13-4-7-15(8-5-13)25-11-18(22)19-16-9-6-14(20(23)24)10-12(16)2/h4-10H,3,11H2,1-2H3,(H,19,22). The lowest BCUT2D eigenvalue weighted by molar-refractivity contribution is -0.384. The van der Waals surface area contributed by atoms with E-state index in [1.54, 1.807) is 38.1 Å². The van der Waals surface area contributed by atoms with Crippen LogP contribution in [0.1, 0.15) is 29.3 Å². The van der Waals surface area contributed by atoms with E-state index in [1.807, 2.05) is 0 Å². The van der Waals surface area contributed by atoms with Crippen LogP contribution in [-0.4, -0.2) is 23.2 Å². The van der Waals surface area contributed by atoms with E-state index in [0.717, 1.165) is 0 Å². The molecule has 0 spiro atoms. The van der Waals surface area contributed by atoms with Gasteiger partial charge in [-0.05, 0) is 42.8 Å². The zero-order valence-corrected chi connectivity index (χ0v) is 13.9. The topological polar surface area (TPSA) is 98.5 Å². The van der Waals surface area contributed by atoms with Crippen molar-refractivity contribution < 1.29 is 19.2 Å². The van der Waals surface area contributed by atoms with E-state index in [9.17, 15) is 19.7 Å². The van der Waals surface area contributed by atoms with Crippen molar-refractivity contribution in [3.63, 3.8) is 0 Å². The number of nitrogens with one attached hydrogen (secondary N) is 1. The van der Waals surface area contributed by atoms with Gasteiger partial charge >= 0.3 is 0 Å². The lowest BCUT2D eigenvalue weighted by atomic mass is 10.1. The molecule has 0 atom stereocenters. The molecule has 0 fully saturated rings. The van der Waals surface area contributed by atoms with Crippen LogP contribution < -0.4 is 10.1 Å². The van der Waals surface area contributed by atoms with Crippen LogP contribution in [0.25, 0.3) is 0 Å². The first-order chi connectivity index (χ1) is 11.9. The summed E-state index contributed by atoms with van der Waals surface area (Å²) in [6, 6.07) is 10.8. The fourth-order valence-electron chi connectivity index (χ4n) is 2.18. The number of nitro benzene ring substituents is 1. The Hall–Kier alpha value is -3.22. The second-order valence-electron chi connectivity index (χ2n) is 5.39. The first-order valence-corrected chi connectivity index (χ1v) is 7.71. The highest BCUT2D eigenvalue weighted by atomic mass is 16.6. The number of ketones is 1. The van der Waals surface area contributed by atoms with Crippen molar-refractivity contribution in [3.8, 4) is 5.75 Å². The van der Waals surface area contributed by atoms with Crippen molar-refractivity contribution >= 4 is 23.1 Å². The number of amides is 1. The molecule has 0 aromatic heterocycles. The van der Waals surface area contributed by atoms with Crippen molar-refractivity contribution in [3.05, 3.63) is 63.7 Å². The van der Waals surface area contributed by atoms with Crippen LogP contribution in [0.2, 0.25) is 0 Å². The summed E-state index contributed by atoms with van der Waals surface area (Å²) < 4.78 is 5.38. The fourth-order valence-corrected chi connectivity index (χ4v) is 2.18. The second-order valence-corrected chi connectivity index (χ2v) is 5.39. The van der Waals surface area contributed by atoms with Crippen molar-refractivity contribution in [2.75, 3.05) is 11.9 Å². The van der Waals surface area contributed by atoms with Gasteiger partial charge in [0.2, 0.25) is 0 Å². The SMILES string of the molecule is CCC(=O)c1ccc(OCC(=O)Nc2ccc([N+](=O)[O-])cc2C)cc1. The number of non-ortho nitro benzene ring substituents is 1. The Labute approximate surface area is 144 Å². The molecule has 130 valence electrons. The van der Waals surface area contributed by atoms with Crippen LogP contribution in [0.5, 0.6) is 5.75 Å². The van der Waals surface area contributed by atoms with Crippen LogP contribution in [0.3, 0.4) is 0 Å². The van der Waals surface area contributed by atoms with E-state index in [-0.39, 0.29) is 24.0 Å². The highest BCUT2D eigenvalue weighted by Gasteiger charge is 2.11. The number of anilines is 1. The molecule has 0 aliphatic rings. The van der Waals surface area contributed by atoms with Gasteiger partial charge in [-0.25, -0.2) is 0 Å². The summed E-state index contributed by atoms with van der Waals surface area (Å²) >= 11 is 0. The number of Topliss-reactive ketones (excluding diaryl/α,β-unsaturated/α-hetero) is 1. The van der Waals surface area contributed by atoms with Crippen LogP contribution in [0.4, 0.5) is 11.4 Å². The van der Waals surface area contributed by atoms with Crippen molar-refractivity contribution in [1.82, 2.24) is 0 Å². The van der Waals surface area contributed by atoms with Gasteiger partial charge in [0.05, 0.1) is 4.92 Å². The van der Waals surface area contributed by atoms with Gasteiger partial charge in [-0.3, -0.25) is 19.7 Å². The molecule has 1 N–H and O–H groups in total. The molecule has 0 bridgehead atoms. The van der Waals surface area contributed by atoms with Gasteiger partial charge in [-0.15, -0.1) is 0 Å². The lowest BCUT2D eigenvalue weighted by Crippen LogP contribution is -2.20. The first kappa shape index (κ1) is 18.1. The number of hydrogen-bond acceptors (Lipinski definition) is 5. The molecule has 2 aromatic rings. The molecule has 0 aliphatic carbocycles. The molecule has 25 heavy (non-hydrogen) atoms. The van der Waals surface area contributed by atoms with Crippen molar-refractivity contribution in [2.45, 2.75) is 20.3 Å². The number of aryl methyl sites for hydroxylation is 1. The summed E-state index contributed by atoms with van der Waals surface area (Å²) in [5.41, 5.74) is 1.64. The van der Waals surface area contributed by atoms with Gasteiger partial charge in [-0.1, -0.05) is 6.92 Å². The third-order valence-corrected chi connectivity index (χ3v) is 3.56. The molecule has 0 saturated heterocycles. The normalized spacial score (nSPS) is 10.2. The average molecular weight is 342 g/mol. The molecule has 0 aliphatic heterocycles. The second kappa shape index (κ2) is 8.05. The number of benzene rings is 2. The summed E-state index contributed by atoms with van der Waals surface area (Å²) in [6.07, 6.45) is 0.428. The van der Waals surface area contributed by atoms with Crippen molar-refractivity contribution in [2.24, 2.45) is 0 Å². The Morgan fingerprint density at radius 3 is 2.40 bits per heavy atom. The molecule has 0 saturated carbocycles. The van der Waals surface area contributed by atoms with Crippen LogP contribution >= 0.6 is 0 Å².